The number of ether oxygens (including phenoxy) is 1. The Morgan fingerprint density at radius 2 is 2.00 bits per heavy atom. The molecule has 3 nitrogen and oxygen atoms in total. The molecule has 0 spiro atoms. The Kier molecular flexibility index (Phi) is 4.47. The first-order valence-corrected chi connectivity index (χ1v) is 6.14. The number of rotatable bonds is 5. The molecule has 0 aliphatic rings. The first-order chi connectivity index (χ1) is 9.22. The van der Waals surface area contributed by atoms with Crippen molar-refractivity contribution >= 4 is 0 Å². The van der Waals surface area contributed by atoms with E-state index in [2.05, 4.69) is 10.3 Å². The van der Waals surface area contributed by atoms with Gasteiger partial charge in [-0.15, -0.1) is 0 Å². The summed E-state index contributed by atoms with van der Waals surface area (Å²) in [6.07, 6.45) is 3.59. The SMILES string of the molecule is COc1cccc(CNCc2cnccc2C)c1F. The first-order valence-electron chi connectivity index (χ1n) is 6.14. The number of aryl methyl sites for hydroxylation is 1. The van der Waals surface area contributed by atoms with Gasteiger partial charge in [-0.05, 0) is 30.2 Å². The topological polar surface area (TPSA) is 34.1 Å². The summed E-state index contributed by atoms with van der Waals surface area (Å²) in [6, 6.07) is 7.11. The number of aromatic nitrogens is 1. The largest absolute Gasteiger partial charge is 0.494 e. The maximum atomic E-state index is 13.9. The number of halogens is 1. The van der Waals surface area contributed by atoms with E-state index in [1.54, 1.807) is 24.4 Å². The van der Waals surface area contributed by atoms with Crippen molar-refractivity contribution in [3.8, 4) is 5.75 Å². The molecule has 0 bridgehead atoms. The number of nitrogens with one attached hydrogen (secondary N) is 1. The van der Waals surface area contributed by atoms with Crippen molar-refractivity contribution in [1.29, 1.82) is 0 Å². The second kappa shape index (κ2) is 6.29. The first kappa shape index (κ1) is 13.5. The highest BCUT2D eigenvalue weighted by atomic mass is 19.1. The number of hydrogen-bond donors (Lipinski definition) is 1. The van der Waals surface area contributed by atoms with Gasteiger partial charge in [-0.3, -0.25) is 4.98 Å². The zero-order valence-corrected chi connectivity index (χ0v) is 11.1. The van der Waals surface area contributed by atoms with Crippen LogP contribution in [0.5, 0.6) is 5.75 Å². The average molecular weight is 260 g/mol. The van der Waals surface area contributed by atoms with E-state index < -0.39 is 0 Å². The van der Waals surface area contributed by atoms with Gasteiger partial charge in [0.1, 0.15) is 0 Å². The fourth-order valence-corrected chi connectivity index (χ4v) is 1.86. The van der Waals surface area contributed by atoms with Crippen LogP contribution in [0.1, 0.15) is 16.7 Å². The van der Waals surface area contributed by atoms with E-state index >= 15 is 0 Å². The normalized spacial score (nSPS) is 10.5. The third-order valence-electron chi connectivity index (χ3n) is 3.04. The molecule has 19 heavy (non-hydrogen) atoms. The molecule has 0 saturated heterocycles. The summed E-state index contributed by atoms with van der Waals surface area (Å²) in [5.74, 6) is -0.0303. The van der Waals surface area contributed by atoms with Gasteiger partial charge in [-0.25, -0.2) is 4.39 Å². The molecule has 0 fully saturated rings. The summed E-state index contributed by atoms with van der Waals surface area (Å²) >= 11 is 0. The Bertz CT molecular complexity index is 558. The molecule has 2 rings (SSSR count). The van der Waals surface area contributed by atoms with Crippen LogP contribution in [0.4, 0.5) is 4.39 Å². The molecule has 100 valence electrons. The lowest BCUT2D eigenvalue weighted by atomic mass is 10.1. The van der Waals surface area contributed by atoms with Crippen molar-refractivity contribution in [2.45, 2.75) is 20.0 Å². The Morgan fingerprint density at radius 1 is 1.21 bits per heavy atom. The third-order valence-corrected chi connectivity index (χ3v) is 3.04. The number of methoxy groups -OCH3 is 1. The maximum Gasteiger partial charge on any atom is 0.169 e. The molecular formula is C15H17FN2O. The maximum absolute atomic E-state index is 13.9. The lowest BCUT2D eigenvalue weighted by molar-refractivity contribution is 0.383. The molecule has 0 aliphatic heterocycles. The lowest BCUT2D eigenvalue weighted by Crippen LogP contribution is -2.15. The van der Waals surface area contributed by atoms with Crippen LogP contribution in [0.2, 0.25) is 0 Å². The molecule has 1 N–H and O–H groups in total. The van der Waals surface area contributed by atoms with E-state index in [1.165, 1.54) is 12.7 Å². The second-order valence-corrected chi connectivity index (χ2v) is 4.34. The van der Waals surface area contributed by atoms with Gasteiger partial charge in [0.15, 0.2) is 11.6 Å². The monoisotopic (exact) mass is 260 g/mol. The molecule has 0 atom stereocenters. The zero-order valence-electron chi connectivity index (χ0n) is 11.1. The fourth-order valence-electron chi connectivity index (χ4n) is 1.86. The molecule has 0 saturated carbocycles. The average Bonchev–Trinajstić information content (AvgIpc) is 2.43. The second-order valence-electron chi connectivity index (χ2n) is 4.34. The van der Waals surface area contributed by atoms with Crippen LogP contribution in [0.15, 0.2) is 36.7 Å². The third kappa shape index (κ3) is 3.29. The number of hydrogen-bond acceptors (Lipinski definition) is 3. The van der Waals surface area contributed by atoms with E-state index in [0.29, 0.717) is 18.7 Å². The van der Waals surface area contributed by atoms with Crippen molar-refractivity contribution in [3.05, 3.63) is 59.2 Å². The van der Waals surface area contributed by atoms with Crippen LogP contribution in [-0.2, 0) is 13.1 Å². The lowest BCUT2D eigenvalue weighted by Gasteiger charge is -2.09. The predicted molar refractivity (Wildman–Crippen MR) is 72.5 cm³/mol. The van der Waals surface area contributed by atoms with Crippen molar-refractivity contribution in [2.75, 3.05) is 7.11 Å². The quantitative estimate of drug-likeness (QED) is 0.897. The van der Waals surface area contributed by atoms with E-state index in [-0.39, 0.29) is 11.6 Å². The Morgan fingerprint density at radius 3 is 2.74 bits per heavy atom. The van der Waals surface area contributed by atoms with Crippen molar-refractivity contribution in [2.24, 2.45) is 0 Å². The Balaban J connectivity index is 1.98. The highest BCUT2D eigenvalue weighted by Crippen LogP contribution is 2.19. The minimum absolute atomic E-state index is 0.275. The van der Waals surface area contributed by atoms with Crippen LogP contribution in [-0.4, -0.2) is 12.1 Å². The molecule has 1 heterocycles. The van der Waals surface area contributed by atoms with Crippen LogP contribution in [0.3, 0.4) is 0 Å². The number of nitrogens with zero attached hydrogens (tertiary/aromatic N) is 1. The van der Waals surface area contributed by atoms with Gasteiger partial charge >= 0.3 is 0 Å². The van der Waals surface area contributed by atoms with Gasteiger partial charge in [0.25, 0.3) is 0 Å². The van der Waals surface area contributed by atoms with Gasteiger partial charge in [-0.2, -0.15) is 0 Å². The Labute approximate surface area is 112 Å². The van der Waals surface area contributed by atoms with Crippen molar-refractivity contribution in [1.82, 2.24) is 10.3 Å². The highest BCUT2D eigenvalue weighted by molar-refractivity contribution is 5.31. The molecule has 0 aliphatic carbocycles. The summed E-state index contributed by atoms with van der Waals surface area (Å²) < 4.78 is 18.9. The molecular weight excluding hydrogens is 243 g/mol. The van der Waals surface area contributed by atoms with Crippen molar-refractivity contribution in [3.63, 3.8) is 0 Å². The molecule has 4 heteroatoms. The van der Waals surface area contributed by atoms with Gasteiger partial charge in [-0.1, -0.05) is 12.1 Å². The Hall–Kier alpha value is -1.94. The number of pyridine rings is 1. The van der Waals surface area contributed by atoms with Crippen LogP contribution >= 0.6 is 0 Å². The molecule has 1 aromatic heterocycles. The summed E-state index contributed by atoms with van der Waals surface area (Å²) in [5.41, 5.74) is 2.89. The minimum atomic E-state index is -0.305. The van der Waals surface area contributed by atoms with E-state index in [4.69, 9.17) is 4.74 Å². The smallest absolute Gasteiger partial charge is 0.169 e. The van der Waals surface area contributed by atoms with Gasteiger partial charge in [0.2, 0.25) is 0 Å². The van der Waals surface area contributed by atoms with E-state index in [1.807, 2.05) is 19.2 Å². The summed E-state index contributed by atoms with van der Waals surface area (Å²) in [6.45, 7) is 3.15. The van der Waals surface area contributed by atoms with Crippen LogP contribution < -0.4 is 10.1 Å². The molecule has 2 aromatic rings. The minimum Gasteiger partial charge on any atom is -0.494 e. The van der Waals surface area contributed by atoms with Gasteiger partial charge in [0.05, 0.1) is 7.11 Å². The molecule has 1 aromatic carbocycles. The van der Waals surface area contributed by atoms with E-state index in [9.17, 15) is 4.39 Å². The van der Waals surface area contributed by atoms with Crippen LogP contribution in [0.25, 0.3) is 0 Å². The molecule has 0 radical (unpaired) electrons. The summed E-state index contributed by atoms with van der Waals surface area (Å²) in [4.78, 5) is 4.08. The van der Waals surface area contributed by atoms with Crippen LogP contribution in [0, 0.1) is 12.7 Å². The predicted octanol–water partition coefficient (Wildman–Crippen LogP) is 2.83. The zero-order chi connectivity index (χ0) is 13.7. The van der Waals surface area contributed by atoms with Crippen molar-refractivity contribution < 1.29 is 9.13 Å². The molecule has 0 unspecified atom stereocenters. The number of benzene rings is 1. The fraction of sp³-hybridized carbons (Fsp3) is 0.267. The summed E-state index contributed by atoms with van der Waals surface area (Å²) in [7, 11) is 1.47. The van der Waals surface area contributed by atoms with Gasteiger partial charge in [0, 0.05) is 31.0 Å². The summed E-state index contributed by atoms with van der Waals surface area (Å²) in [5, 5.41) is 3.22. The molecule has 0 amide bonds. The highest BCUT2D eigenvalue weighted by Gasteiger charge is 2.07. The van der Waals surface area contributed by atoms with Gasteiger partial charge < -0.3 is 10.1 Å². The standard InChI is InChI=1S/C15H17FN2O/c1-11-6-7-17-9-13(11)10-18-8-12-4-3-5-14(19-2)15(12)16/h3-7,9,18H,8,10H2,1-2H3. The van der Waals surface area contributed by atoms with E-state index in [0.717, 1.165) is 5.56 Å².